The van der Waals surface area contributed by atoms with Gasteiger partial charge in [-0.2, -0.15) is 0 Å². The predicted molar refractivity (Wildman–Crippen MR) is 107 cm³/mol. The highest BCUT2D eigenvalue weighted by Gasteiger charge is 2.31. The second kappa shape index (κ2) is 7.28. The molecular weight excluding hydrogens is 392 g/mol. The zero-order valence-corrected chi connectivity index (χ0v) is 16.9. The second-order valence-corrected chi connectivity index (χ2v) is 8.59. The van der Waals surface area contributed by atoms with Crippen LogP contribution in [-0.2, 0) is 4.74 Å². The van der Waals surface area contributed by atoms with Gasteiger partial charge in [0, 0.05) is 40.0 Å². The summed E-state index contributed by atoms with van der Waals surface area (Å²) in [5.74, 6) is 0.905. The normalized spacial score (nSPS) is 21.6. The van der Waals surface area contributed by atoms with E-state index < -0.39 is 0 Å². The summed E-state index contributed by atoms with van der Waals surface area (Å²) in [5, 5.41) is 4.16. The molecule has 5 heteroatoms. The van der Waals surface area contributed by atoms with Crippen LogP contribution in [0.25, 0.3) is 10.9 Å². The molecule has 1 aliphatic heterocycles. The molecule has 2 heterocycles. The van der Waals surface area contributed by atoms with Gasteiger partial charge in [0.15, 0.2) is 0 Å². The van der Waals surface area contributed by atoms with Gasteiger partial charge >= 0.3 is 0 Å². The van der Waals surface area contributed by atoms with Crippen LogP contribution in [0.5, 0.6) is 0 Å². The molecule has 1 aromatic carbocycles. The van der Waals surface area contributed by atoms with E-state index in [4.69, 9.17) is 9.72 Å². The van der Waals surface area contributed by atoms with Gasteiger partial charge in [0.1, 0.15) is 0 Å². The minimum atomic E-state index is 0.00738. The molecule has 26 heavy (non-hydrogen) atoms. The van der Waals surface area contributed by atoms with Crippen molar-refractivity contribution in [3.05, 3.63) is 39.5 Å². The third kappa shape index (κ3) is 3.52. The number of rotatable bonds is 4. The zero-order valence-electron chi connectivity index (χ0n) is 15.3. The highest BCUT2D eigenvalue weighted by molar-refractivity contribution is 9.10. The Morgan fingerprint density at radius 2 is 2.15 bits per heavy atom. The molecule has 138 valence electrons. The molecule has 4 nitrogen and oxygen atoms in total. The lowest BCUT2D eigenvalue weighted by atomic mass is 9.93. The lowest BCUT2D eigenvalue weighted by Crippen LogP contribution is -2.41. The summed E-state index contributed by atoms with van der Waals surface area (Å²) in [5.41, 5.74) is 3.81. The first-order chi connectivity index (χ1) is 12.5. The van der Waals surface area contributed by atoms with Crippen LogP contribution >= 0.6 is 15.9 Å². The van der Waals surface area contributed by atoms with E-state index in [1.165, 1.54) is 12.8 Å². The van der Waals surface area contributed by atoms with Crippen LogP contribution in [0.15, 0.2) is 22.7 Å². The smallest absolute Gasteiger partial charge is 0.252 e. The van der Waals surface area contributed by atoms with E-state index in [1.54, 1.807) is 0 Å². The molecule has 1 N–H and O–H groups in total. The maximum Gasteiger partial charge on any atom is 0.252 e. The maximum absolute atomic E-state index is 13.2. The first-order valence-corrected chi connectivity index (χ1v) is 10.3. The Morgan fingerprint density at radius 1 is 1.35 bits per heavy atom. The van der Waals surface area contributed by atoms with Gasteiger partial charge in [-0.15, -0.1) is 0 Å². The molecule has 2 aromatic rings. The topological polar surface area (TPSA) is 51.2 Å². The third-order valence-electron chi connectivity index (χ3n) is 5.68. The fourth-order valence-electron chi connectivity index (χ4n) is 3.95. The molecule has 1 saturated heterocycles. The Bertz CT molecular complexity index is 842. The van der Waals surface area contributed by atoms with Gasteiger partial charge in [-0.25, -0.2) is 0 Å². The van der Waals surface area contributed by atoms with Crippen LogP contribution in [0, 0.1) is 12.8 Å². The van der Waals surface area contributed by atoms with E-state index in [1.807, 2.05) is 25.1 Å². The number of carbonyl (C=O) groups excluding carboxylic acids is 1. The van der Waals surface area contributed by atoms with Gasteiger partial charge in [-0.05, 0) is 63.3 Å². The molecule has 2 atom stereocenters. The number of amides is 1. The van der Waals surface area contributed by atoms with Gasteiger partial charge in [-0.1, -0.05) is 15.9 Å². The molecule has 0 radical (unpaired) electrons. The van der Waals surface area contributed by atoms with Crippen molar-refractivity contribution >= 4 is 32.7 Å². The fourth-order valence-corrected chi connectivity index (χ4v) is 4.31. The first-order valence-electron chi connectivity index (χ1n) is 9.53. The Morgan fingerprint density at radius 3 is 2.85 bits per heavy atom. The number of benzene rings is 1. The molecule has 2 unspecified atom stereocenters. The van der Waals surface area contributed by atoms with Crippen LogP contribution in [-0.4, -0.2) is 30.1 Å². The average Bonchev–Trinajstić information content (AvgIpc) is 3.46. The average molecular weight is 417 g/mol. The molecule has 1 aromatic heterocycles. The van der Waals surface area contributed by atoms with Gasteiger partial charge in [0.05, 0.1) is 17.7 Å². The van der Waals surface area contributed by atoms with Crippen molar-refractivity contribution in [3.63, 3.8) is 0 Å². The Balaban J connectivity index is 1.70. The lowest BCUT2D eigenvalue weighted by Gasteiger charge is -2.28. The predicted octanol–water partition coefficient (Wildman–Crippen LogP) is 4.73. The van der Waals surface area contributed by atoms with Gasteiger partial charge in [0.2, 0.25) is 0 Å². The van der Waals surface area contributed by atoms with Crippen molar-refractivity contribution in [1.82, 2.24) is 10.3 Å². The SMILES string of the molecule is Cc1c(C2CC2)nc2ccc(Br)cc2c1C(=O)NC(C)C1CCCOC1. The van der Waals surface area contributed by atoms with Crippen LogP contribution < -0.4 is 5.32 Å². The molecule has 0 bridgehead atoms. The van der Waals surface area contributed by atoms with E-state index in [0.29, 0.717) is 11.8 Å². The Labute approximate surface area is 162 Å². The largest absolute Gasteiger partial charge is 0.381 e. The molecule has 1 amide bonds. The van der Waals surface area contributed by atoms with Crippen molar-refractivity contribution in [3.8, 4) is 0 Å². The van der Waals surface area contributed by atoms with Gasteiger partial charge in [0.25, 0.3) is 5.91 Å². The maximum atomic E-state index is 13.2. The standard InChI is InChI=1S/C21H25BrN2O2/c1-12-19(21(25)23-13(2)15-4-3-9-26-11-15)17-10-16(22)7-8-18(17)24-20(12)14-5-6-14/h7-8,10,13-15H,3-6,9,11H2,1-2H3,(H,23,25). The summed E-state index contributed by atoms with van der Waals surface area (Å²) in [6.45, 7) is 5.71. The summed E-state index contributed by atoms with van der Waals surface area (Å²) >= 11 is 3.54. The number of aromatic nitrogens is 1. The molecule has 2 fully saturated rings. The molecule has 0 spiro atoms. The number of ether oxygens (including phenoxy) is 1. The molecule has 2 aliphatic rings. The van der Waals surface area contributed by atoms with Crippen molar-refractivity contribution in [1.29, 1.82) is 0 Å². The van der Waals surface area contributed by atoms with Crippen LogP contribution in [0.4, 0.5) is 0 Å². The Kier molecular flexibility index (Phi) is 5.02. The van der Waals surface area contributed by atoms with Crippen LogP contribution in [0.3, 0.4) is 0 Å². The van der Waals surface area contributed by atoms with E-state index in [2.05, 4.69) is 28.2 Å². The summed E-state index contributed by atoms with van der Waals surface area (Å²) in [6.07, 6.45) is 4.52. The van der Waals surface area contributed by atoms with Crippen LogP contribution in [0.1, 0.15) is 60.1 Å². The van der Waals surface area contributed by atoms with Crippen molar-refractivity contribution in [2.45, 2.75) is 51.5 Å². The van der Waals surface area contributed by atoms with Crippen molar-refractivity contribution in [2.24, 2.45) is 5.92 Å². The minimum absolute atomic E-state index is 0.00738. The molecular formula is C21H25BrN2O2. The molecule has 4 rings (SSSR count). The summed E-state index contributed by atoms with van der Waals surface area (Å²) in [7, 11) is 0. The summed E-state index contributed by atoms with van der Waals surface area (Å²) < 4.78 is 6.56. The third-order valence-corrected chi connectivity index (χ3v) is 6.17. The number of nitrogens with one attached hydrogen (secondary N) is 1. The number of hydrogen-bond acceptors (Lipinski definition) is 3. The number of fused-ring (bicyclic) bond motifs is 1. The number of carbonyl (C=O) groups is 1. The summed E-state index contributed by atoms with van der Waals surface area (Å²) in [6, 6.07) is 6.10. The fraction of sp³-hybridized carbons (Fsp3) is 0.524. The van der Waals surface area contributed by atoms with E-state index in [9.17, 15) is 4.79 Å². The van der Waals surface area contributed by atoms with Crippen LogP contribution in [0.2, 0.25) is 0 Å². The van der Waals surface area contributed by atoms with E-state index >= 15 is 0 Å². The monoisotopic (exact) mass is 416 g/mol. The van der Waals surface area contributed by atoms with Gasteiger partial charge < -0.3 is 10.1 Å². The van der Waals surface area contributed by atoms with E-state index in [-0.39, 0.29) is 11.9 Å². The van der Waals surface area contributed by atoms with Crippen molar-refractivity contribution < 1.29 is 9.53 Å². The Hall–Kier alpha value is -1.46. The molecule has 1 saturated carbocycles. The second-order valence-electron chi connectivity index (χ2n) is 7.67. The molecule has 1 aliphatic carbocycles. The minimum Gasteiger partial charge on any atom is -0.381 e. The quantitative estimate of drug-likeness (QED) is 0.783. The van der Waals surface area contributed by atoms with Gasteiger partial charge in [-0.3, -0.25) is 9.78 Å². The zero-order chi connectivity index (χ0) is 18.3. The van der Waals surface area contributed by atoms with Crippen molar-refractivity contribution in [2.75, 3.05) is 13.2 Å². The van der Waals surface area contributed by atoms with E-state index in [0.717, 1.165) is 58.3 Å². The first kappa shape index (κ1) is 17.9. The highest BCUT2D eigenvalue weighted by Crippen LogP contribution is 2.42. The number of nitrogens with zero attached hydrogens (tertiary/aromatic N) is 1. The highest BCUT2D eigenvalue weighted by atomic mass is 79.9. The number of hydrogen-bond donors (Lipinski definition) is 1. The number of halogens is 1. The number of pyridine rings is 1. The summed E-state index contributed by atoms with van der Waals surface area (Å²) in [4.78, 5) is 18.1. The lowest BCUT2D eigenvalue weighted by molar-refractivity contribution is 0.0409.